The number of esters is 1. The monoisotopic (exact) mass is 282 g/mol. The normalized spacial score (nSPS) is 19.8. The van der Waals surface area contributed by atoms with Crippen molar-refractivity contribution in [3.8, 4) is 0 Å². The van der Waals surface area contributed by atoms with Crippen LogP contribution in [0.4, 0.5) is 5.69 Å². The van der Waals surface area contributed by atoms with E-state index in [-0.39, 0.29) is 17.6 Å². The lowest BCUT2D eigenvalue weighted by Crippen LogP contribution is -2.40. The average molecular weight is 282 g/mol. The van der Waals surface area contributed by atoms with Crippen LogP contribution in [0.5, 0.6) is 0 Å². The van der Waals surface area contributed by atoms with E-state index in [2.05, 4.69) is 10.00 Å². The molecule has 20 heavy (non-hydrogen) atoms. The van der Waals surface area contributed by atoms with Crippen LogP contribution in [0.25, 0.3) is 0 Å². The smallest absolute Gasteiger partial charge is 0.310 e. The largest absolute Gasteiger partial charge is 0.466 e. The van der Waals surface area contributed by atoms with E-state index in [1.54, 1.807) is 6.92 Å². The zero-order valence-electron chi connectivity index (χ0n) is 11.4. The third-order valence-electron chi connectivity index (χ3n) is 3.30. The number of nitro groups is 1. The van der Waals surface area contributed by atoms with Gasteiger partial charge in [0.25, 0.3) is 0 Å². The van der Waals surface area contributed by atoms with Crippen LogP contribution in [0.1, 0.15) is 19.8 Å². The molecular formula is C12H18N4O4. The maximum absolute atomic E-state index is 11.7. The maximum Gasteiger partial charge on any atom is 0.310 e. The first-order valence-electron chi connectivity index (χ1n) is 6.66. The van der Waals surface area contributed by atoms with Gasteiger partial charge in [0, 0.05) is 6.54 Å². The Balaban J connectivity index is 1.92. The van der Waals surface area contributed by atoms with Crippen molar-refractivity contribution in [3.63, 3.8) is 0 Å². The number of ether oxygens (including phenoxy) is 1. The molecule has 1 aliphatic rings. The van der Waals surface area contributed by atoms with E-state index in [0.29, 0.717) is 19.8 Å². The Kier molecular flexibility index (Phi) is 4.67. The molecule has 1 aromatic rings. The number of carbonyl (C=O) groups excluding carboxylic acids is 1. The van der Waals surface area contributed by atoms with Gasteiger partial charge in [-0.15, -0.1) is 0 Å². The molecule has 0 spiro atoms. The maximum atomic E-state index is 11.7. The number of carbonyl (C=O) groups is 1. The first-order valence-corrected chi connectivity index (χ1v) is 6.66. The van der Waals surface area contributed by atoms with Gasteiger partial charge in [0.1, 0.15) is 12.4 Å². The van der Waals surface area contributed by atoms with Gasteiger partial charge >= 0.3 is 11.7 Å². The fourth-order valence-corrected chi connectivity index (χ4v) is 2.37. The fraction of sp³-hybridized carbons (Fsp3) is 0.667. The molecule has 1 aromatic heterocycles. The van der Waals surface area contributed by atoms with Crippen molar-refractivity contribution in [2.24, 2.45) is 5.92 Å². The summed E-state index contributed by atoms with van der Waals surface area (Å²) in [6.45, 7) is 4.09. The summed E-state index contributed by atoms with van der Waals surface area (Å²) < 4.78 is 6.56. The van der Waals surface area contributed by atoms with Gasteiger partial charge in [0.05, 0.1) is 24.1 Å². The molecule has 0 N–H and O–H groups in total. The van der Waals surface area contributed by atoms with Gasteiger partial charge in [-0.1, -0.05) is 0 Å². The lowest BCUT2D eigenvalue weighted by atomic mass is 9.99. The molecule has 110 valence electrons. The van der Waals surface area contributed by atoms with Crippen LogP contribution in [0, 0.1) is 16.0 Å². The number of likely N-dealkylation sites (tertiary alicyclic amines) is 1. The van der Waals surface area contributed by atoms with Crippen molar-refractivity contribution in [1.82, 2.24) is 14.7 Å². The van der Waals surface area contributed by atoms with E-state index in [9.17, 15) is 14.9 Å². The summed E-state index contributed by atoms with van der Waals surface area (Å²) in [5, 5.41) is 14.6. The third-order valence-corrected chi connectivity index (χ3v) is 3.30. The zero-order valence-corrected chi connectivity index (χ0v) is 11.4. The molecule has 0 amide bonds. The number of hydrogen-bond donors (Lipinski definition) is 0. The van der Waals surface area contributed by atoms with Crippen LogP contribution in [-0.4, -0.2) is 45.3 Å². The molecule has 1 atom stereocenters. The Morgan fingerprint density at radius 1 is 1.65 bits per heavy atom. The standard InChI is InChI=1S/C12H18N4O4/c1-2-20-12(17)10-4-3-5-14(7-10)9-15-8-11(6-13-15)16(18)19/h6,8,10H,2-5,7,9H2,1H3. The van der Waals surface area contributed by atoms with Crippen LogP contribution >= 0.6 is 0 Å². The van der Waals surface area contributed by atoms with Crippen LogP contribution < -0.4 is 0 Å². The van der Waals surface area contributed by atoms with Gasteiger partial charge < -0.3 is 4.74 Å². The topological polar surface area (TPSA) is 90.5 Å². The summed E-state index contributed by atoms with van der Waals surface area (Å²) in [5.74, 6) is -0.280. The highest BCUT2D eigenvalue weighted by molar-refractivity contribution is 5.72. The van der Waals surface area contributed by atoms with E-state index in [1.807, 2.05) is 0 Å². The summed E-state index contributed by atoms with van der Waals surface area (Å²) in [6.07, 6.45) is 4.36. The third kappa shape index (κ3) is 3.53. The van der Waals surface area contributed by atoms with Gasteiger partial charge in [-0.05, 0) is 26.3 Å². The van der Waals surface area contributed by atoms with Gasteiger partial charge in [-0.3, -0.25) is 24.5 Å². The lowest BCUT2D eigenvalue weighted by Gasteiger charge is -2.31. The summed E-state index contributed by atoms with van der Waals surface area (Å²) in [7, 11) is 0. The van der Waals surface area contributed by atoms with E-state index in [0.717, 1.165) is 19.4 Å². The Bertz CT molecular complexity index is 488. The molecule has 0 radical (unpaired) electrons. The van der Waals surface area contributed by atoms with Crippen molar-refractivity contribution in [2.75, 3.05) is 19.7 Å². The van der Waals surface area contributed by atoms with Crippen LogP contribution in [0.15, 0.2) is 12.4 Å². The Labute approximate surface area is 116 Å². The number of rotatable bonds is 5. The second-order valence-corrected chi connectivity index (χ2v) is 4.80. The number of aromatic nitrogens is 2. The van der Waals surface area contributed by atoms with Crippen LogP contribution in [-0.2, 0) is 16.2 Å². The van der Waals surface area contributed by atoms with Crippen molar-refractivity contribution in [3.05, 3.63) is 22.5 Å². The highest BCUT2D eigenvalue weighted by atomic mass is 16.6. The Hall–Kier alpha value is -1.96. The van der Waals surface area contributed by atoms with E-state index in [1.165, 1.54) is 17.1 Å². The van der Waals surface area contributed by atoms with E-state index >= 15 is 0 Å². The average Bonchev–Trinajstić information content (AvgIpc) is 2.88. The summed E-state index contributed by atoms with van der Waals surface area (Å²) in [6, 6.07) is 0. The number of nitrogens with zero attached hydrogens (tertiary/aromatic N) is 4. The van der Waals surface area contributed by atoms with Gasteiger partial charge in [-0.2, -0.15) is 5.10 Å². The predicted molar refractivity (Wildman–Crippen MR) is 69.8 cm³/mol. The van der Waals surface area contributed by atoms with Crippen molar-refractivity contribution in [2.45, 2.75) is 26.4 Å². The van der Waals surface area contributed by atoms with Crippen molar-refractivity contribution < 1.29 is 14.5 Å². The molecule has 8 heteroatoms. The first-order chi connectivity index (χ1) is 9.60. The van der Waals surface area contributed by atoms with Gasteiger partial charge in [0.2, 0.25) is 0 Å². The minimum absolute atomic E-state index is 0.0241. The number of hydrogen-bond acceptors (Lipinski definition) is 6. The van der Waals surface area contributed by atoms with Gasteiger partial charge in [-0.25, -0.2) is 0 Å². The minimum Gasteiger partial charge on any atom is -0.466 e. The summed E-state index contributed by atoms with van der Waals surface area (Å²) in [4.78, 5) is 23.9. The van der Waals surface area contributed by atoms with E-state index in [4.69, 9.17) is 4.74 Å². The van der Waals surface area contributed by atoms with E-state index < -0.39 is 4.92 Å². The summed E-state index contributed by atoms with van der Waals surface area (Å²) >= 11 is 0. The molecule has 1 saturated heterocycles. The molecule has 0 bridgehead atoms. The lowest BCUT2D eigenvalue weighted by molar-refractivity contribution is -0.385. The minimum atomic E-state index is -0.471. The molecule has 0 aromatic carbocycles. The Morgan fingerprint density at radius 2 is 2.45 bits per heavy atom. The van der Waals surface area contributed by atoms with Crippen LogP contribution in [0.3, 0.4) is 0 Å². The molecule has 0 aliphatic carbocycles. The van der Waals surface area contributed by atoms with Crippen LogP contribution in [0.2, 0.25) is 0 Å². The molecule has 0 saturated carbocycles. The highest BCUT2D eigenvalue weighted by Crippen LogP contribution is 2.19. The molecule has 1 fully saturated rings. The molecule has 2 heterocycles. The number of piperidine rings is 1. The predicted octanol–water partition coefficient (Wildman–Crippen LogP) is 1.02. The fourth-order valence-electron chi connectivity index (χ4n) is 2.37. The summed E-state index contributed by atoms with van der Waals surface area (Å²) in [5.41, 5.74) is -0.0241. The second-order valence-electron chi connectivity index (χ2n) is 4.80. The molecule has 1 aliphatic heterocycles. The SMILES string of the molecule is CCOC(=O)C1CCCN(Cn2cc([N+](=O)[O-])cn2)C1. The van der Waals surface area contributed by atoms with Crippen molar-refractivity contribution >= 4 is 11.7 Å². The zero-order chi connectivity index (χ0) is 14.5. The second kappa shape index (κ2) is 6.47. The molecular weight excluding hydrogens is 264 g/mol. The molecule has 2 rings (SSSR count). The Morgan fingerprint density at radius 3 is 3.10 bits per heavy atom. The quantitative estimate of drug-likeness (QED) is 0.455. The first kappa shape index (κ1) is 14.4. The molecule has 1 unspecified atom stereocenters. The highest BCUT2D eigenvalue weighted by Gasteiger charge is 2.27. The van der Waals surface area contributed by atoms with Crippen molar-refractivity contribution in [1.29, 1.82) is 0 Å². The van der Waals surface area contributed by atoms with Gasteiger partial charge in [0.15, 0.2) is 0 Å². The molecule has 8 nitrogen and oxygen atoms in total.